The molecule has 2 aromatic rings. The number of ether oxygens (including phenoxy) is 1. The number of carbonyl (C=O) groups is 3. The van der Waals surface area contributed by atoms with Crippen LogP contribution in [0.4, 0.5) is 11.4 Å². The maximum absolute atomic E-state index is 13.0. The third kappa shape index (κ3) is 3.93. The number of nitrogens with zero attached hydrogens (tertiary/aromatic N) is 1. The molecule has 32 heavy (non-hydrogen) atoms. The smallest absolute Gasteiger partial charge is 0.259 e. The summed E-state index contributed by atoms with van der Waals surface area (Å²) in [5.74, 6) is -1.69. The standard InChI is InChI=1S/C22H23N5O5/c1-11-15-7-6-14(10-16(15)20(29)25-11)27-8-9-32-18(22(27)31)17(28)21(30)26-13-4-2-12(3-5-13)19(23)24/h2-7,10-11,17-18,28H,8-9H2,1H3,(H3,23,24)(H,25,29)(H,26,30)/t11-,17?,18-/m1/s1. The summed E-state index contributed by atoms with van der Waals surface area (Å²) in [6, 6.07) is 11.2. The summed E-state index contributed by atoms with van der Waals surface area (Å²) in [6.07, 6.45) is -3.13. The Kier molecular flexibility index (Phi) is 5.64. The van der Waals surface area contributed by atoms with Crippen LogP contribution in [0.1, 0.15) is 34.5 Å². The number of hydrogen-bond donors (Lipinski definition) is 5. The molecule has 166 valence electrons. The fraction of sp³-hybridized carbons (Fsp3) is 0.273. The Hall–Kier alpha value is -3.76. The summed E-state index contributed by atoms with van der Waals surface area (Å²) in [5, 5.41) is 23.2. The molecule has 0 aliphatic carbocycles. The number of nitrogens with one attached hydrogen (secondary N) is 3. The zero-order valence-corrected chi connectivity index (χ0v) is 17.3. The van der Waals surface area contributed by atoms with E-state index in [9.17, 15) is 19.5 Å². The monoisotopic (exact) mass is 437 g/mol. The summed E-state index contributed by atoms with van der Waals surface area (Å²) >= 11 is 0. The maximum Gasteiger partial charge on any atom is 0.259 e. The number of hydrogen-bond acceptors (Lipinski definition) is 6. The average molecular weight is 437 g/mol. The van der Waals surface area contributed by atoms with Gasteiger partial charge in [-0.25, -0.2) is 0 Å². The molecule has 1 unspecified atom stereocenters. The second-order valence-electron chi connectivity index (χ2n) is 7.67. The van der Waals surface area contributed by atoms with Crippen molar-refractivity contribution in [3.05, 3.63) is 59.2 Å². The lowest BCUT2D eigenvalue weighted by Gasteiger charge is -2.34. The first-order valence-corrected chi connectivity index (χ1v) is 10.1. The van der Waals surface area contributed by atoms with Gasteiger partial charge in [-0.3, -0.25) is 19.8 Å². The van der Waals surface area contributed by atoms with Gasteiger partial charge in [0.25, 0.3) is 17.7 Å². The number of nitrogens with two attached hydrogens (primary N) is 1. The normalized spacial score (nSPS) is 21.0. The van der Waals surface area contributed by atoms with Gasteiger partial charge in [0.1, 0.15) is 5.84 Å². The van der Waals surface area contributed by atoms with Gasteiger partial charge in [-0.15, -0.1) is 0 Å². The molecule has 0 saturated carbocycles. The molecule has 2 aliphatic heterocycles. The number of carbonyl (C=O) groups excluding carboxylic acids is 3. The minimum absolute atomic E-state index is 0.102. The number of aliphatic hydroxyl groups is 1. The average Bonchev–Trinajstić information content (AvgIpc) is 3.06. The minimum atomic E-state index is -1.74. The molecule has 0 radical (unpaired) electrons. The number of rotatable bonds is 5. The Morgan fingerprint density at radius 3 is 2.69 bits per heavy atom. The van der Waals surface area contributed by atoms with Crippen molar-refractivity contribution in [1.29, 1.82) is 5.41 Å². The maximum atomic E-state index is 13.0. The molecule has 1 saturated heterocycles. The number of nitrogen functional groups attached to an aromatic ring is 1. The molecule has 6 N–H and O–H groups in total. The van der Waals surface area contributed by atoms with Crippen molar-refractivity contribution in [3.63, 3.8) is 0 Å². The van der Waals surface area contributed by atoms with E-state index in [4.69, 9.17) is 15.9 Å². The second-order valence-corrected chi connectivity index (χ2v) is 7.67. The number of anilines is 2. The molecule has 2 heterocycles. The molecule has 0 spiro atoms. The summed E-state index contributed by atoms with van der Waals surface area (Å²) in [7, 11) is 0. The lowest BCUT2D eigenvalue weighted by Crippen LogP contribution is -2.55. The highest BCUT2D eigenvalue weighted by atomic mass is 16.5. The number of amidine groups is 1. The number of amides is 3. The quantitative estimate of drug-likeness (QED) is 0.339. The van der Waals surface area contributed by atoms with E-state index in [0.717, 1.165) is 5.56 Å². The molecule has 3 atom stereocenters. The topological polar surface area (TPSA) is 158 Å². The van der Waals surface area contributed by atoms with Crippen molar-refractivity contribution in [2.24, 2.45) is 5.73 Å². The molecular formula is C22H23N5O5. The lowest BCUT2D eigenvalue weighted by molar-refractivity contribution is -0.150. The van der Waals surface area contributed by atoms with Gasteiger partial charge < -0.3 is 31.1 Å². The Morgan fingerprint density at radius 2 is 2.00 bits per heavy atom. The van der Waals surface area contributed by atoms with Gasteiger partial charge in [-0.1, -0.05) is 6.07 Å². The predicted molar refractivity (Wildman–Crippen MR) is 117 cm³/mol. The summed E-state index contributed by atoms with van der Waals surface area (Å²) in [5.41, 5.74) is 8.12. The Bertz CT molecular complexity index is 1100. The zero-order chi connectivity index (χ0) is 23.0. The van der Waals surface area contributed by atoms with Crippen molar-refractivity contribution in [2.75, 3.05) is 23.4 Å². The van der Waals surface area contributed by atoms with E-state index in [1.54, 1.807) is 30.3 Å². The highest BCUT2D eigenvalue weighted by Gasteiger charge is 2.40. The number of aliphatic hydroxyl groups excluding tert-OH is 1. The van der Waals surface area contributed by atoms with Gasteiger partial charge in [0.15, 0.2) is 12.2 Å². The van der Waals surface area contributed by atoms with Crippen molar-refractivity contribution < 1.29 is 24.2 Å². The van der Waals surface area contributed by atoms with Gasteiger partial charge >= 0.3 is 0 Å². The first kappa shape index (κ1) is 21.5. The van der Waals surface area contributed by atoms with Gasteiger partial charge in [-0.2, -0.15) is 0 Å². The summed E-state index contributed by atoms with van der Waals surface area (Å²) < 4.78 is 5.42. The molecule has 10 heteroatoms. The number of fused-ring (bicyclic) bond motifs is 1. The van der Waals surface area contributed by atoms with E-state index in [0.29, 0.717) is 22.5 Å². The predicted octanol–water partition coefficient (Wildman–Crippen LogP) is 0.506. The molecule has 1 fully saturated rings. The van der Waals surface area contributed by atoms with E-state index in [1.165, 1.54) is 17.0 Å². The Balaban J connectivity index is 1.48. The van der Waals surface area contributed by atoms with Crippen molar-refractivity contribution in [2.45, 2.75) is 25.2 Å². The van der Waals surface area contributed by atoms with Crippen LogP contribution in [0.25, 0.3) is 0 Å². The van der Waals surface area contributed by atoms with Crippen LogP contribution in [0.5, 0.6) is 0 Å². The van der Waals surface area contributed by atoms with E-state index in [2.05, 4.69) is 10.6 Å². The fourth-order valence-electron chi connectivity index (χ4n) is 3.81. The molecule has 3 amide bonds. The molecule has 4 rings (SSSR count). The van der Waals surface area contributed by atoms with Crippen LogP contribution in [0.15, 0.2) is 42.5 Å². The van der Waals surface area contributed by atoms with Gasteiger partial charge in [-0.05, 0) is 48.9 Å². The van der Waals surface area contributed by atoms with E-state index in [-0.39, 0.29) is 30.9 Å². The van der Waals surface area contributed by atoms with Crippen LogP contribution in [0.3, 0.4) is 0 Å². The summed E-state index contributed by atoms with van der Waals surface area (Å²) in [6.45, 7) is 2.22. The Labute approximate surface area is 183 Å². The zero-order valence-electron chi connectivity index (χ0n) is 17.3. The molecular weight excluding hydrogens is 414 g/mol. The highest BCUT2D eigenvalue weighted by molar-refractivity contribution is 6.05. The van der Waals surface area contributed by atoms with Gasteiger partial charge in [0.05, 0.1) is 12.6 Å². The van der Waals surface area contributed by atoms with Crippen LogP contribution in [-0.4, -0.2) is 54.0 Å². The molecule has 0 aromatic heterocycles. The van der Waals surface area contributed by atoms with Crippen molar-refractivity contribution in [1.82, 2.24) is 5.32 Å². The van der Waals surface area contributed by atoms with E-state index >= 15 is 0 Å². The van der Waals surface area contributed by atoms with Crippen LogP contribution < -0.4 is 21.3 Å². The second kappa shape index (κ2) is 8.40. The van der Waals surface area contributed by atoms with Crippen LogP contribution in [0, 0.1) is 5.41 Å². The molecule has 10 nitrogen and oxygen atoms in total. The van der Waals surface area contributed by atoms with E-state index in [1.807, 2.05) is 6.92 Å². The van der Waals surface area contributed by atoms with Crippen LogP contribution in [-0.2, 0) is 14.3 Å². The third-order valence-electron chi connectivity index (χ3n) is 5.55. The first-order valence-electron chi connectivity index (χ1n) is 10.1. The highest BCUT2D eigenvalue weighted by Crippen LogP contribution is 2.30. The number of morpholine rings is 1. The minimum Gasteiger partial charge on any atom is -0.384 e. The van der Waals surface area contributed by atoms with Crippen LogP contribution in [0.2, 0.25) is 0 Å². The summed E-state index contributed by atoms with van der Waals surface area (Å²) in [4.78, 5) is 39.1. The van der Waals surface area contributed by atoms with E-state index < -0.39 is 24.0 Å². The third-order valence-corrected chi connectivity index (χ3v) is 5.55. The molecule has 2 aliphatic rings. The van der Waals surface area contributed by atoms with Crippen molar-refractivity contribution >= 4 is 34.9 Å². The lowest BCUT2D eigenvalue weighted by atomic mass is 10.0. The van der Waals surface area contributed by atoms with Gasteiger partial charge in [0.2, 0.25) is 0 Å². The molecule has 0 bridgehead atoms. The molecule has 2 aromatic carbocycles. The van der Waals surface area contributed by atoms with Gasteiger partial charge in [0, 0.05) is 29.0 Å². The fourth-order valence-corrected chi connectivity index (χ4v) is 3.81. The first-order chi connectivity index (χ1) is 15.3. The Morgan fingerprint density at radius 1 is 1.28 bits per heavy atom. The SMILES string of the molecule is C[C@H]1NC(=O)c2cc(N3CCO[C@H](C(O)C(=O)Nc4ccc(C(=N)N)cc4)C3=O)ccc21. The number of benzene rings is 2. The largest absolute Gasteiger partial charge is 0.384 e. The van der Waals surface area contributed by atoms with Crippen LogP contribution >= 0.6 is 0 Å². The van der Waals surface area contributed by atoms with Crippen molar-refractivity contribution in [3.8, 4) is 0 Å².